The Bertz CT molecular complexity index is 386. The van der Waals surface area contributed by atoms with Crippen LogP contribution in [0.1, 0.15) is 42.6 Å². The smallest absolute Gasteiger partial charge is 0.0622 e. The maximum atomic E-state index is 5.49. The van der Waals surface area contributed by atoms with E-state index in [1.807, 2.05) is 0 Å². The minimum Gasteiger partial charge on any atom is -0.379 e. The van der Waals surface area contributed by atoms with E-state index in [-0.39, 0.29) is 5.60 Å². The van der Waals surface area contributed by atoms with Crippen LogP contribution in [0.3, 0.4) is 0 Å². The molecule has 1 aromatic rings. The Morgan fingerprint density at radius 3 is 2.71 bits per heavy atom. The van der Waals surface area contributed by atoms with Gasteiger partial charge in [-0.15, -0.1) is 0 Å². The lowest BCUT2D eigenvalue weighted by atomic mass is 9.93. The molecule has 1 aliphatic carbocycles. The van der Waals surface area contributed by atoms with Gasteiger partial charge in [0.2, 0.25) is 0 Å². The lowest BCUT2D eigenvalue weighted by Gasteiger charge is -2.25. The third kappa shape index (κ3) is 2.92. The molecule has 0 spiro atoms. The quantitative estimate of drug-likeness (QED) is 0.743. The number of benzene rings is 1. The van der Waals surface area contributed by atoms with Crippen LogP contribution in [0.4, 0.5) is 0 Å². The van der Waals surface area contributed by atoms with E-state index in [9.17, 15) is 0 Å². The Morgan fingerprint density at radius 2 is 2.06 bits per heavy atom. The minimum absolute atomic E-state index is 0.00148. The van der Waals surface area contributed by atoms with E-state index < -0.39 is 0 Å². The Hall–Kier alpha value is -0.340. The Balaban J connectivity index is 1.99. The molecule has 94 valence electrons. The fourth-order valence-corrected chi connectivity index (χ4v) is 3.41. The molecule has 2 heteroatoms. The number of halogens is 1. The molecule has 0 aliphatic heterocycles. The Labute approximate surface area is 113 Å². The summed E-state index contributed by atoms with van der Waals surface area (Å²) in [5.74, 6) is 0.710. The molecule has 1 aliphatic rings. The second-order valence-corrected chi connectivity index (χ2v) is 6.55. The third-order valence-electron chi connectivity index (χ3n) is 3.92. The minimum atomic E-state index is 0.00148. The van der Waals surface area contributed by atoms with Crippen molar-refractivity contribution >= 4 is 15.9 Å². The largest absolute Gasteiger partial charge is 0.379 e. The molecule has 0 N–H and O–H groups in total. The first-order chi connectivity index (χ1) is 8.03. The molecule has 0 saturated carbocycles. The van der Waals surface area contributed by atoms with Crippen molar-refractivity contribution in [2.75, 3.05) is 7.11 Å². The van der Waals surface area contributed by atoms with Crippen LogP contribution in [-0.2, 0) is 11.2 Å². The maximum Gasteiger partial charge on any atom is 0.0622 e. The van der Waals surface area contributed by atoms with Gasteiger partial charge in [0.25, 0.3) is 0 Å². The van der Waals surface area contributed by atoms with Crippen molar-refractivity contribution in [2.24, 2.45) is 5.92 Å². The summed E-state index contributed by atoms with van der Waals surface area (Å²) in [7, 11) is 1.80. The van der Waals surface area contributed by atoms with Gasteiger partial charge in [-0.25, -0.2) is 0 Å². The molecular formula is C15H21BrO. The summed E-state index contributed by atoms with van der Waals surface area (Å²) in [6, 6.07) is 8.77. The molecule has 1 nitrogen and oxygen atoms in total. The van der Waals surface area contributed by atoms with Crippen LogP contribution in [0.15, 0.2) is 24.3 Å². The van der Waals surface area contributed by atoms with Gasteiger partial charge in [-0.05, 0) is 50.2 Å². The number of hydrogen-bond acceptors (Lipinski definition) is 1. The standard InChI is InChI=1S/C15H21BrO/c1-15(2,17-3)9-8-12-10-11-6-4-5-7-13(11)14(12)16/h4-7,12,14H,8-10H2,1-3H3. The normalized spacial score (nSPS) is 23.8. The van der Waals surface area contributed by atoms with E-state index in [4.69, 9.17) is 4.74 Å². The molecule has 0 bridgehead atoms. The van der Waals surface area contributed by atoms with Gasteiger partial charge in [0.05, 0.1) is 5.60 Å². The molecule has 0 amide bonds. The molecule has 0 aromatic heterocycles. The van der Waals surface area contributed by atoms with Crippen molar-refractivity contribution in [3.63, 3.8) is 0 Å². The van der Waals surface area contributed by atoms with Gasteiger partial charge in [-0.2, -0.15) is 0 Å². The summed E-state index contributed by atoms with van der Waals surface area (Å²) in [5.41, 5.74) is 2.99. The average molecular weight is 297 g/mol. The highest BCUT2D eigenvalue weighted by molar-refractivity contribution is 9.09. The van der Waals surface area contributed by atoms with Crippen molar-refractivity contribution < 1.29 is 4.74 Å². The first-order valence-corrected chi connectivity index (χ1v) is 7.22. The summed E-state index contributed by atoms with van der Waals surface area (Å²) in [6.07, 6.45) is 3.53. The first-order valence-electron chi connectivity index (χ1n) is 6.30. The lowest BCUT2D eigenvalue weighted by molar-refractivity contribution is 0.0106. The zero-order valence-corrected chi connectivity index (χ0v) is 12.5. The number of methoxy groups -OCH3 is 1. The zero-order valence-electron chi connectivity index (χ0n) is 10.9. The van der Waals surface area contributed by atoms with E-state index in [1.54, 1.807) is 7.11 Å². The number of hydrogen-bond donors (Lipinski definition) is 0. The maximum absolute atomic E-state index is 5.49. The summed E-state index contributed by atoms with van der Waals surface area (Å²) >= 11 is 3.85. The second-order valence-electron chi connectivity index (χ2n) is 5.57. The first kappa shape index (κ1) is 13.1. The highest BCUT2D eigenvalue weighted by atomic mass is 79.9. The molecular weight excluding hydrogens is 276 g/mol. The number of rotatable bonds is 4. The molecule has 2 rings (SSSR count). The Morgan fingerprint density at radius 1 is 1.35 bits per heavy atom. The van der Waals surface area contributed by atoms with Gasteiger partial charge >= 0.3 is 0 Å². The van der Waals surface area contributed by atoms with Crippen LogP contribution in [0.5, 0.6) is 0 Å². The van der Waals surface area contributed by atoms with Crippen molar-refractivity contribution in [3.8, 4) is 0 Å². The van der Waals surface area contributed by atoms with Crippen LogP contribution in [0.2, 0.25) is 0 Å². The van der Waals surface area contributed by atoms with Crippen LogP contribution in [0, 0.1) is 5.92 Å². The van der Waals surface area contributed by atoms with Gasteiger partial charge < -0.3 is 4.74 Å². The fraction of sp³-hybridized carbons (Fsp3) is 0.600. The van der Waals surface area contributed by atoms with Crippen molar-refractivity contribution in [1.29, 1.82) is 0 Å². The molecule has 0 heterocycles. The molecule has 0 fully saturated rings. The van der Waals surface area contributed by atoms with Gasteiger partial charge in [0.15, 0.2) is 0 Å². The SMILES string of the molecule is COC(C)(C)CCC1Cc2ccccc2C1Br. The number of alkyl halides is 1. The Kier molecular flexibility index (Phi) is 3.94. The van der Waals surface area contributed by atoms with E-state index in [2.05, 4.69) is 54.0 Å². The highest BCUT2D eigenvalue weighted by Gasteiger charge is 2.31. The van der Waals surface area contributed by atoms with Crippen molar-refractivity contribution in [3.05, 3.63) is 35.4 Å². The van der Waals surface area contributed by atoms with Crippen LogP contribution in [0.25, 0.3) is 0 Å². The lowest BCUT2D eigenvalue weighted by Crippen LogP contribution is -2.23. The predicted octanol–water partition coefficient (Wildman–Crippen LogP) is 4.50. The topological polar surface area (TPSA) is 9.23 Å². The molecule has 2 unspecified atom stereocenters. The average Bonchev–Trinajstić information content (AvgIpc) is 2.65. The van der Waals surface area contributed by atoms with Crippen LogP contribution < -0.4 is 0 Å². The van der Waals surface area contributed by atoms with Crippen molar-refractivity contribution in [2.45, 2.75) is 43.5 Å². The summed E-state index contributed by atoms with van der Waals surface area (Å²) < 4.78 is 5.49. The molecule has 2 atom stereocenters. The van der Waals surface area contributed by atoms with Gasteiger partial charge in [0.1, 0.15) is 0 Å². The fourth-order valence-electron chi connectivity index (χ4n) is 2.51. The van der Waals surface area contributed by atoms with E-state index in [0.717, 1.165) is 6.42 Å². The zero-order chi connectivity index (χ0) is 12.5. The number of fused-ring (bicyclic) bond motifs is 1. The summed E-state index contributed by atoms with van der Waals surface area (Å²) in [5, 5.41) is 0. The van der Waals surface area contributed by atoms with E-state index in [0.29, 0.717) is 10.7 Å². The molecule has 0 radical (unpaired) electrons. The van der Waals surface area contributed by atoms with Gasteiger partial charge in [-0.3, -0.25) is 0 Å². The molecule has 17 heavy (non-hydrogen) atoms. The number of ether oxygens (including phenoxy) is 1. The van der Waals surface area contributed by atoms with E-state index >= 15 is 0 Å². The highest BCUT2D eigenvalue weighted by Crippen LogP contribution is 2.44. The molecule has 0 saturated heterocycles. The summed E-state index contributed by atoms with van der Waals surface area (Å²) in [4.78, 5) is 0.520. The monoisotopic (exact) mass is 296 g/mol. The summed E-state index contributed by atoms with van der Waals surface area (Å²) in [6.45, 7) is 4.33. The van der Waals surface area contributed by atoms with Crippen LogP contribution in [-0.4, -0.2) is 12.7 Å². The van der Waals surface area contributed by atoms with E-state index in [1.165, 1.54) is 24.0 Å². The molecule has 1 aromatic carbocycles. The predicted molar refractivity (Wildman–Crippen MR) is 75.6 cm³/mol. The second kappa shape index (κ2) is 5.11. The van der Waals surface area contributed by atoms with Crippen LogP contribution >= 0.6 is 15.9 Å². The third-order valence-corrected chi connectivity index (χ3v) is 5.16. The van der Waals surface area contributed by atoms with Gasteiger partial charge in [-0.1, -0.05) is 40.2 Å². The van der Waals surface area contributed by atoms with Gasteiger partial charge in [0, 0.05) is 11.9 Å². The van der Waals surface area contributed by atoms with Crippen molar-refractivity contribution in [1.82, 2.24) is 0 Å².